The van der Waals surface area contributed by atoms with Gasteiger partial charge in [-0.1, -0.05) is 17.4 Å². The summed E-state index contributed by atoms with van der Waals surface area (Å²) in [6, 6.07) is 0. The number of nitrogens with zero attached hydrogens (tertiary/aromatic N) is 3. The highest BCUT2D eigenvalue weighted by atomic mass is 16.7. The number of fused-ring (bicyclic) bond motifs is 2. The second-order valence-corrected chi connectivity index (χ2v) is 2.40. The van der Waals surface area contributed by atoms with E-state index in [0.29, 0.717) is 13.9 Å². The summed E-state index contributed by atoms with van der Waals surface area (Å²) in [5, 5.41) is 0. The lowest BCUT2D eigenvalue weighted by atomic mass is 10.7. The van der Waals surface area contributed by atoms with Crippen molar-refractivity contribution in [2.75, 3.05) is 6.61 Å². The lowest BCUT2D eigenvalue weighted by Gasteiger charge is -2.07. The molecular weight excluding hydrogens is 194 g/mol. The van der Waals surface area contributed by atoms with Gasteiger partial charge in [-0.3, -0.25) is 4.63 Å². The van der Waals surface area contributed by atoms with E-state index in [9.17, 15) is 14.4 Å². The molecule has 74 valence electrons. The summed E-state index contributed by atoms with van der Waals surface area (Å²) in [5.41, 5.74) is -2.76. The van der Waals surface area contributed by atoms with Gasteiger partial charge in [-0.2, -0.15) is 0 Å². The van der Waals surface area contributed by atoms with Crippen molar-refractivity contribution in [3.63, 3.8) is 0 Å². The molecule has 0 radical (unpaired) electrons. The van der Waals surface area contributed by atoms with Crippen molar-refractivity contribution in [3.05, 3.63) is 44.1 Å². The Morgan fingerprint density at radius 3 is 2.21 bits per heavy atom. The van der Waals surface area contributed by atoms with Crippen LogP contribution in [-0.4, -0.2) is 20.5 Å². The summed E-state index contributed by atoms with van der Waals surface area (Å²) in [5.74, 6) is 0. The van der Waals surface area contributed by atoms with E-state index in [2.05, 4.69) is 11.2 Å². The smallest absolute Gasteiger partial charge is 0.401 e. The number of rotatable bonds is 3. The lowest BCUT2D eigenvalue weighted by Crippen LogP contribution is -2.56. The molecule has 0 aliphatic heterocycles. The fourth-order valence-corrected chi connectivity index (χ4v) is 0.919. The van der Waals surface area contributed by atoms with Gasteiger partial charge in [-0.05, 0) is 9.15 Å². The van der Waals surface area contributed by atoms with Crippen molar-refractivity contribution in [2.45, 2.75) is 0 Å². The highest BCUT2D eigenvalue weighted by molar-refractivity contribution is 4.73. The van der Waals surface area contributed by atoms with Crippen LogP contribution in [0.2, 0.25) is 0 Å². The molecule has 0 aromatic carbocycles. The van der Waals surface area contributed by atoms with Crippen molar-refractivity contribution in [1.29, 1.82) is 0 Å². The maximum atomic E-state index is 11.2. The lowest BCUT2D eigenvalue weighted by molar-refractivity contribution is 0.0195. The third kappa shape index (κ3) is 0.843. The van der Waals surface area contributed by atoms with Crippen LogP contribution in [0.5, 0.6) is 0 Å². The third-order valence-electron chi connectivity index (χ3n) is 1.53. The van der Waals surface area contributed by atoms with Gasteiger partial charge in [0.05, 0.1) is 0 Å². The van der Waals surface area contributed by atoms with Crippen molar-refractivity contribution in [2.24, 2.45) is 0 Å². The van der Waals surface area contributed by atoms with Gasteiger partial charge >= 0.3 is 17.1 Å². The molecule has 0 aliphatic carbocycles. The molecule has 3 heterocycles. The van der Waals surface area contributed by atoms with Crippen LogP contribution in [0.25, 0.3) is 0 Å². The molecule has 2 bridgehead atoms. The molecule has 0 saturated heterocycles. The molecule has 0 atom stereocenters. The van der Waals surface area contributed by atoms with Crippen LogP contribution in [0, 0.1) is 0 Å². The van der Waals surface area contributed by atoms with Crippen LogP contribution >= 0.6 is 0 Å². The first-order valence-electron chi connectivity index (χ1n) is 3.61. The van der Waals surface area contributed by atoms with E-state index in [1.54, 1.807) is 0 Å². The minimum Gasteiger partial charge on any atom is -0.401 e. The molecule has 3 aromatic heterocycles. The number of aromatic nitrogens is 3. The highest BCUT2D eigenvalue weighted by Crippen LogP contribution is 1.73. The van der Waals surface area contributed by atoms with Crippen LogP contribution < -0.4 is 21.9 Å². The Hall–Kier alpha value is -2.25. The zero-order valence-corrected chi connectivity index (χ0v) is 6.87. The van der Waals surface area contributed by atoms with Gasteiger partial charge in [-0.15, -0.1) is 0 Å². The van der Waals surface area contributed by atoms with E-state index in [4.69, 9.17) is 4.84 Å². The summed E-state index contributed by atoms with van der Waals surface area (Å²) >= 11 is 0. The van der Waals surface area contributed by atoms with E-state index < -0.39 is 17.1 Å². The Morgan fingerprint density at radius 2 is 1.79 bits per heavy atom. The van der Waals surface area contributed by atoms with E-state index in [0.717, 1.165) is 0 Å². The SMILES string of the molecule is C=CCOn1c(=O)n2on(c1=O)c2=O. The molecule has 0 aliphatic rings. The van der Waals surface area contributed by atoms with Crippen molar-refractivity contribution in [3.8, 4) is 0 Å². The summed E-state index contributed by atoms with van der Waals surface area (Å²) in [6.45, 7) is 3.32. The maximum Gasteiger partial charge on any atom is 0.408 e. The summed E-state index contributed by atoms with van der Waals surface area (Å²) in [4.78, 5) is 38.0. The van der Waals surface area contributed by atoms with E-state index in [-0.39, 0.29) is 6.61 Å². The molecule has 0 N–H and O–H groups in total. The predicted molar refractivity (Wildman–Crippen MR) is 42.7 cm³/mol. The quantitative estimate of drug-likeness (QED) is 0.513. The van der Waals surface area contributed by atoms with Gasteiger partial charge < -0.3 is 4.84 Å². The van der Waals surface area contributed by atoms with Crippen LogP contribution in [-0.2, 0) is 0 Å². The van der Waals surface area contributed by atoms with Crippen molar-refractivity contribution >= 4 is 0 Å². The van der Waals surface area contributed by atoms with Crippen LogP contribution in [0.15, 0.2) is 31.7 Å². The second-order valence-electron chi connectivity index (χ2n) is 2.40. The normalized spacial score (nSPS) is 10.9. The Kier molecular flexibility index (Phi) is 1.56. The molecule has 0 fully saturated rings. The summed E-state index contributed by atoms with van der Waals surface area (Å²) in [7, 11) is 0. The first kappa shape index (κ1) is 8.35. The molecular formula is C6H5N3O5. The van der Waals surface area contributed by atoms with Crippen molar-refractivity contribution in [1.82, 2.24) is 13.9 Å². The minimum absolute atomic E-state index is 0.0205. The topological polar surface area (TPSA) is 87.3 Å². The first-order chi connectivity index (χ1) is 6.66. The average Bonchev–Trinajstić information content (AvgIpc) is 2.15. The molecule has 8 nitrogen and oxygen atoms in total. The molecule has 0 unspecified atom stereocenters. The monoisotopic (exact) mass is 199 g/mol. The second kappa shape index (κ2) is 2.62. The first-order valence-corrected chi connectivity index (χ1v) is 3.61. The minimum atomic E-state index is -0.968. The third-order valence-corrected chi connectivity index (χ3v) is 1.53. The number of hydrogen-bond acceptors (Lipinski definition) is 5. The standard InChI is InChI=1S/C6H5N3O5/c1-2-3-13-7-4(10)8-6(12)9(14-8)5(7)11/h2H,1,3H2. The van der Waals surface area contributed by atoms with Gasteiger partial charge in [0.15, 0.2) is 0 Å². The van der Waals surface area contributed by atoms with E-state index in [1.807, 2.05) is 0 Å². The van der Waals surface area contributed by atoms with E-state index in [1.165, 1.54) is 6.08 Å². The maximum absolute atomic E-state index is 11.2. The zero-order chi connectivity index (χ0) is 10.3. The molecule has 3 aromatic rings. The number of hydrogen-bond donors (Lipinski definition) is 0. The Bertz CT molecular complexity index is 582. The largest absolute Gasteiger partial charge is 0.408 e. The van der Waals surface area contributed by atoms with Crippen molar-refractivity contribution < 1.29 is 9.47 Å². The average molecular weight is 199 g/mol. The molecule has 0 amide bonds. The molecule has 0 spiro atoms. The van der Waals surface area contributed by atoms with Crippen LogP contribution in [0.4, 0.5) is 0 Å². The molecule has 14 heavy (non-hydrogen) atoms. The fourth-order valence-electron chi connectivity index (χ4n) is 0.919. The van der Waals surface area contributed by atoms with Gasteiger partial charge in [-0.25, -0.2) is 14.4 Å². The summed E-state index contributed by atoms with van der Waals surface area (Å²) in [6.07, 6.45) is 1.36. The Balaban J connectivity index is 2.66. The van der Waals surface area contributed by atoms with Gasteiger partial charge in [0.1, 0.15) is 6.61 Å². The highest BCUT2D eigenvalue weighted by Gasteiger charge is 2.19. The molecule has 8 heteroatoms. The zero-order valence-electron chi connectivity index (χ0n) is 6.87. The van der Waals surface area contributed by atoms with Crippen LogP contribution in [0.3, 0.4) is 0 Å². The van der Waals surface area contributed by atoms with Crippen LogP contribution in [0.1, 0.15) is 0 Å². The Morgan fingerprint density at radius 1 is 1.21 bits per heavy atom. The van der Waals surface area contributed by atoms with Gasteiger partial charge in [0.25, 0.3) is 0 Å². The predicted octanol–water partition coefficient (Wildman–Crippen LogP) is -2.43. The van der Waals surface area contributed by atoms with Gasteiger partial charge in [0, 0.05) is 0 Å². The van der Waals surface area contributed by atoms with Gasteiger partial charge in [0.2, 0.25) is 0 Å². The fraction of sp³-hybridized carbons (Fsp3) is 0.167. The molecule has 0 saturated carbocycles. The molecule has 3 rings (SSSR count). The Labute approximate surface area is 75.1 Å². The summed E-state index contributed by atoms with van der Waals surface area (Å²) < 4.78 is 5.63. The van der Waals surface area contributed by atoms with E-state index >= 15 is 0 Å².